The SMILES string of the molecule is CCOc1cc(CC(NC(=O)OC(C)(C)C)C(O)C(=O)OC(C)(C)C)ccc1OC. The van der Waals surface area contributed by atoms with Crippen LogP contribution in [0.2, 0.25) is 0 Å². The van der Waals surface area contributed by atoms with E-state index in [9.17, 15) is 14.7 Å². The molecular weight excluding hydrogens is 390 g/mol. The van der Waals surface area contributed by atoms with E-state index < -0.39 is 35.4 Å². The Morgan fingerprint density at radius 3 is 2.13 bits per heavy atom. The topological polar surface area (TPSA) is 103 Å². The maximum Gasteiger partial charge on any atom is 0.407 e. The molecule has 0 aliphatic rings. The molecule has 0 heterocycles. The van der Waals surface area contributed by atoms with E-state index in [1.54, 1.807) is 59.7 Å². The van der Waals surface area contributed by atoms with Crippen LogP contribution in [0.1, 0.15) is 54.0 Å². The van der Waals surface area contributed by atoms with Crippen LogP contribution in [0.3, 0.4) is 0 Å². The van der Waals surface area contributed by atoms with Crippen LogP contribution in [0.4, 0.5) is 4.79 Å². The molecule has 1 aromatic carbocycles. The lowest BCUT2D eigenvalue weighted by molar-refractivity contribution is -0.166. The first kappa shape index (κ1) is 25.6. The Morgan fingerprint density at radius 1 is 1.03 bits per heavy atom. The van der Waals surface area contributed by atoms with Gasteiger partial charge in [-0.05, 0) is 72.6 Å². The lowest BCUT2D eigenvalue weighted by atomic mass is 10.0. The van der Waals surface area contributed by atoms with E-state index in [4.69, 9.17) is 18.9 Å². The summed E-state index contributed by atoms with van der Waals surface area (Å²) in [6.07, 6.45) is -2.19. The molecule has 2 N–H and O–H groups in total. The number of hydrogen-bond acceptors (Lipinski definition) is 7. The fourth-order valence-corrected chi connectivity index (χ4v) is 2.60. The number of hydrogen-bond donors (Lipinski definition) is 2. The Kier molecular flexibility index (Phi) is 8.96. The minimum atomic E-state index is -1.59. The predicted molar refractivity (Wildman–Crippen MR) is 113 cm³/mol. The van der Waals surface area contributed by atoms with Crippen molar-refractivity contribution in [3.05, 3.63) is 23.8 Å². The molecule has 30 heavy (non-hydrogen) atoms. The third-order valence-electron chi connectivity index (χ3n) is 3.72. The van der Waals surface area contributed by atoms with Crippen molar-refractivity contribution in [3.8, 4) is 11.5 Å². The molecule has 8 nitrogen and oxygen atoms in total. The second-order valence-corrected chi connectivity index (χ2v) is 8.85. The molecule has 2 unspecified atom stereocenters. The zero-order valence-corrected chi connectivity index (χ0v) is 19.2. The normalized spacial score (nSPS) is 13.8. The average Bonchev–Trinajstić information content (AvgIpc) is 2.58. The summed E-state index contributed by atoms with van der Waals surface area (Å²) in [4.78, 5) is 24.7. The van der Waals surface area contributed by atoms with Gasteiger partial charge in [-0.15, -0.1) is 0 Å². The van der Waals surface area contributed by atoms with Gasteiger partial charge in [0.1, 0.15) is 11.2 Å². The molecule has 1 amide bonds. The maximum absolute atomic E-state index is 12.4. The number of rotatable bonds is 8. The number of alkyl carbamates (subject to hydrolysis) is 1. The number of carbonyl (C=O) groups excluding carboxylic acids is 2. The van der Waals surface area contributed by atoms with Crippen LogP contribution in [0, 0.1) is 0 Å². The molecule has 0 fully saturated rings. The molecule has 1 aromatic rings. The van der Waals surface area contributed by atoms with Gasteiger partial charge >= 0.3 is 12.1 Å². The monoisotopic (exact) mass is 425 g/mol. The highest BCUT2D eigenvalue weighted by Gasteiger charge is 2.33. The van der Waals surface area contributed by atoms with E-state index in [1.165, 1.54) is 7.11 Å². The molecule has 0 aliphatic heterocycles. The number of aliphatic hydroxyl groups excluding tert-OH is 1. The van der Waals surface area contributed by atoms with Crippen molar-refractivity contribution in [2.24, 2.45) is 0 Å². The minimum absolute atomic E-state index is 0.143. The number of benzene rings is 1. The van der Waals surface area contributed by atoms with E-state index in [-0.39, 0.29) is 6.42 Å². The van der Waals surface area contributed by atoms with Crippen LogP contribution >= 0.6 is 0 Å². The zero-order valence-electron chi connectivity index (χ0n) is 19.2. The third kappa shape index (κ3) is 8.90. The third-order valence-corrected chi connectivity index (χ3v) is 3.72. The predicted octanol–water partition coefficient (Wildman–Crippen LogP) is 3.23. The first-order valence-electron chi connectivity index (χ1n) is 9.96. The van der Waals surface area contributed by atoms with Crippen molar-refractivity contribution in [2.75, 3.05) is 13.7 Å². The Bertz CT molecular complexity index is 719. The summed E-state index contributed by atoms with van der Waals surface area (Å²) < 4.78 is 21.4. The largest absolute Gasteiger partial charge is 0.493 e. The molecule has 0 radical (unpaired) electrons. The van der Waals surface area contributed by atoms with Gasteiger partial charge < -0.3 is 29.4 Å². The summed E-state index contributed by atoms with van der Waals surface area (Å²) in [5, 5.41) is 13.2. The van der Waals surface area contributed by atoms with E-state index >= 15 is 0 Å². The number of carbonyl (C=O) groups is 2. The Hall–Kier alpha value is -2.48. The van der Waals surface area contributed by atoms with Crippen LogP contribution in [0.5, 0.6) is 11.5 Å². The van der Waals surface area contributed by atoms with Crippen molar-refractivity contribution >= 4 is 12.1 Å². The van der Waals surface area contributed by atoms with Crippen LogP contribution in [0.25, 0.3) is 0 Å². The first-order valence-corrected chi connectivity index (χ1v) is 9.96. The lowest BCUT2D eigenvalue weighted by Crippen LogP contribution is -2.51. The van der Waals surface area contributed by atoms with Crippen molar-refractivity contribution in [1.29, 1.82) is 0 Å². The number of nitrogens with one attached hydrogen (secondary N) is 1. The summed E-state index contributed by atoms with van der Waals surface area (Å²) in [5.74, 6) is 0.257. The van der Waals surface area contributed by atoms with Crippen LogP contribution in [-0.4, -0.2) is 54.2 Å². The second kappa shape index (κ2) is 10.5. The Morgan fingerprint density at radius 2 is 1.63 bits per heavy atom. The number of ether oxygens (including phenoxy) is 4. The van der Waals surface area contributed by atoms with Gasteiger partial charge in [0.2, 0.25) is 0 Å². The van der Waals surface area contributed by atoms with Crippen molar-refractivity contribution in [2.45, 2.75) is 78.2 Å². The molecule has 0 aromatic heterocycles. The van der Waals surface area contributed by atoms with Crippen molar-refractivity contribution in [3.63, 3.8) is 0 Å². The molecule has 0 spiro atoms. The quantitative estimate of drug-likeness (QED) is 0.616. The molecule has 8 heteroatoms. The number of esters is 1. The fourth-order valence-electron chi connectivity index (χ4n) is 2.60. The van der Waals surface area contributed by atoms with Gasteiger partial charge in [-0.25, -0.2) is 9.59 Å². The highest BCUT2D eigenvalue weighted by molar-refractivity contribution is 5.77. The summed E-state index contributed by atoms with van der Waals surface area (Å²) in [6, 6.07) is 4.27. The van der Waals surface area contributed by atoms with Gasteiger partial charge in [0.25, 0.3) is 0 Å². The molecule has 0 saturated heterocycles. The van der Waals surface area contributed by atoms with E-state index in [2.05, 4.69) is 5.32 Å². The summed E-state index contributed by atoms with van der Waals surface area (Å²) in [5.41, 5.74) is -0.784. The van der Waals surface area contributed by atoms with Gasteiger partial charge in [0.15, 0.2) is 17.6 Å². The van der Waals surface area contributed by atoms with Crippen molar-refractivity contribution in [1.82, 2.24) is 5.32 Å². The molecule has 0 aliphatic carbocycles. The maximum atomic E-state index is 12.4. The van der Waals surface area contributed by atoms with Gasteiger partial charge in [0.05, 0.1) is 19.8 Å². The van der Waals surface area contributed by atoms with E-state index in [1.807, 2.05) is 6.92 Å². The molecule has 170 valence electrons. The number of aliphatic hydroxyl groups is 1. The molecule has 0 bridgehead atoms. The van der Waals surface area contributed by atoms with E-state index in [0.29, 0.717) is 18.1 Å². The minimum Gasteiger partial charge on any atom is -0.493 e. The van der Waals surface area contributed by atoms with Crippen LogP contribution in [0.15, 0.2) is 18.2 Å². The molecule has 0 saturated carbocycles. The molecule has 1 rings (SSSR count). The summed E-state index contributed by atoms with van der Waals surface area (Å²) >= 11 is 0. The smallest absolute Gasteiger partial charge is 0.407 e. The van der Waals surface area contributed by atoms with Gasteiger partial charge in [-0.2, -0.15) is 0 Å². The lowest BCUT2D eigenvalue weighted by Gasteiger charge is -2.28. The van der Waals surface area contributed by atoms with Gasteiger partial charge in [0, 0.05) is 0 Å². The average molecular weight is 426 g/mol. The Balaban J connectivity index is 3.12. The highest BCUT2D eigenvalue weighted by Crippen LogP contribution is 2.29. The molecular formula is C22H35NO7. The molecule has 2 atom stereocenters. The fraction of sp³-hybridized carbons (Fsp3) is 0.636. The Labute approximate surface area is 178 Å². The number of methoxy groups -OCH3 is 1. The second-order valence-electron chi connectivity index (χ2n) is 8.85. The van der Waals surface area contributed by atoms with Crippen molar-refractivity contribution < 1.29 is 33.6 Å². The number of amides is 1. The summed E-state index contributed by atoms with van der Waals surface area (Å²) in [7, 11) is 1.54. The summed E-state index contributed by atoms with van der Waals surface area (Å²) in [6.45, 7) is 12.6. The van der Waals surface area contributed by atoms with Gasteiger partial charge in [-0.3, -0.25) is 0 Å². The zero-order chi connectivity index (χ0) is 23.1. The highest BCUT2D eigenvalue weighted by atomic mass is 16.6. The first-order chi connectivity index (χ1) is 13.8. The van der Waals surface area contributed by atoms with Crippen LogP contribution < -0.4 is 14.8 Å². The van der Waals surface area contributed by atoms with E-state index in [0.717, 1.165) is 5.56 Å². The standard InChI is InChI=1S/C22H35NO7/c1-9-28-17-13-14(10-11-16(17)27-8)12-15(23-20(26)30-22(5,6)7)18(24)19(25)29-21(2,3)4/h10-11,13,15,18,24H,9,12H2,1-8H3,(H,23,26). The van der Waals surface area contributed by atoms with Gasteiger partial charge in [-0.1, -0.05) is 6.07 Å². The van der Waals surface area contributed by atoms with Crippen LogP contribution in [-0.2, 0) is 20.7 Å².